The fraction of sp³-hybridized carbons (Fsp3) is 0.0588. The van der Waals surface area contributed by atoms with Crippen molar-refractivity contribution in [2.45, 2.75) is 0 Å². The van der Waals surface area contributed by atoms with Crippen molar-refractivity contribution in [3.8, 4) is 11.3 Å². The fourth-order valence-electron chi connectivity index (χ4n) is 1.97. The largest absolute Gasteiger partial charge is 0.424 e. The zero-order chi connectivity index (χ0) is 15.2. The molecule has 3 aromatic rings. The number of oxazole rings is 1. The first-order chi connectivity index (χ1) is 10.8. The molecule has 1 amide bonds. The van der Waals surface area contributed by atoms with Crippen LogP contribution in [0.2, 0.25) is 0 Å². The van der Waals surface area contributed by atoms with Gasteiger partial charge in [-0.05, 0) is 12.1 Å². The number of nitrogens with one attached hydrogen (secondary N) is 2. The number of hydrogen-bond donors (Lipinski definition) is 2. The Morgan fingerprint density at radius 1 is 1.00 bits per heavy atom. The van der Waals surface area contributed by atoms with Crippen LogP contribution in [0.25, 0.3) is 11.3 Å². The molecule has 0 atom stereocenters. The van der Waals surface area contributed by atoms with E-state index < -0.39 is 0 Å². The molecule has 0 aliphatic rings. The highest BCUT2D eigenvalue weighted by atomic mass is 16.4. The summed E-state index contributed by atoms with van der Waals surface area (Å²) in [6.07, 6.45) is 1.63. The number of rotatable bonds is 5. The highest BCUT2D eigenvalue weighted by molar-refractivity contribution is 5.93. The Labute approximate surface area is 128 Å². The van der Waals surface area contributed by atoms with Crippen LogP contribution in [-0.2, 0) is 4.79 Å². The molecule has 5 heteroatoms. The van der Waals surface area contributed by atoms with Crippen molar-refractivity contribution in [3.63, 3.8) is 0 Å². The van der Waals surface area contributed by atoms with Gasteiger partial charge in [-0.3, -0.25) is 4.79 Å². The third kappa shape index (κ3) is 3.52. The van der Waals surface area contributed by atoms with Crippen molar-refractivity contribution in [3.05, 3.63) is 66.9 Å². The topological polar surface area (TPSA) is 67.2 Å². The van der Waals surface area contributed by atoms with E-state index in [1.54, 1.807) is 6.20 Å². The van der Waals surface area contributed by atoms with E-state index >= 15 is 0 Å². The van der Waals surface area contributed by atoms with E-state index in [1.165, 1.54) is 0 Å². The number of carbonyl (C=O) groups excluding carboxylic acids is 1. The molecular formula is C17H15N3O2. The molecule has 1 aromatic heterocycles. The molecule has 0 saturated carbocycles. The van der Waals surface area contributed by atoms with Crippen molar-refractivity contribution < 1.29 is 9.21 Å². The first kappa shape index (κ1) is 13.9. The van der Waals surface area contributed by atoms with E-state index in [2.05, 4.69) is 15.6 Å². The lowest BCUT2D eigenvalue weighted by molar-refractivity contribution is -0.114. The van der Waals surface area contributed by atoms with Gasteiger partial charge in [-0.15, -0.1) is 0 Å². The van der Waals surface area contributed by atoms with E-state index in [1.807, 2.05) is 60.7 Å². The van der Waals surface area contributed by atoms with Crippen LogP contribution < -0.4 is 10.6 Å². The van der Waals surface area contributed by atoms with Crippen LogP contribution in [0.15, 0.2) is 71.3 Å². The SMILES string of the molecule is O=C(CNc1ncc(-c2ccccc2)o1)Nc1ccccc1. The second kappa shape index (κ2) is 6.58. The molecule has 5 nitrogen and oxygen atoms in total. The molecule has 2 N–H and O–H groups in total. The number of nitrogens with zero attached hydrogens (tertiary/aromatic N) is 1. The molecule has 22 heavy (non-hydrogen) atoms. The normalized spacial score (nSPS) is 10.2. The van der Waals surface area contributed by atoms with Crippen molar-refractivity contribution in [2.75, 3.05) is 17.2 Å². The van der Waals surface area contributed by atoms with E-state index in [-0.39, 0.29) is 12.5 Å². The number of carbonyl (C=O) groups is 1. The quantitative estimate of drug-likeness (QED) is 0.756. The first-order valence-electron chi connectivity index (χ1n) is 6.91. The number of para-hydroxylation sites is 1. The fourth-order valence-corrected chi connectivity index (χ4v) is 1.97. The van der Waals surface area contributed by atoms with Crippen molar-refractivity contribution in [1.29, 1.82) is 0 Å². The maximum absolute atomic E-state index is 11.8. The molecule has 2 aromatic carbocycles. The van der Waals surface area contributed by atoms with Crippen LogP contribution >= 0.6 is 0 Å². The van der Waals surface area contributed by atoms with Gasteiger partial charge in [0.2, 0.25) is 5.91 Å². The lowest BCUT2D eigenvalue weighted by Crippen LogP contribution is -2.21. The predicted molar refractivity (Wildman–Crippen MR) is 85.5 cm³/mol. The van der Waals surface area contributed by atoms with Gasteiger partial charge in [-0.25, -0.2) is 4.98 Å². The molecule has 3 rings (SSSR count). The number of aromatic nitrogens is 1. The summed E-state index contributed by atoms with van der Waals surface area (Å²) in [6.45, 7) is 0.0869. The van der Waals surface area contributed by atoms with Crippen molar-refractivity contribution in [1.82, 2.24) is 4.98 Å². The summed E-state index contributed by atoms with van der Waals surface area (Å²) in [6, 6.07) is 19.3. The Bertz CT molecular complexity index is 739. The minimum absolute atomic E-state index is 0.0869. The van der Waals surface area contributed by atoms with Gasteiger partial charge in [0.05, 0.1) is 12.7 Å². The highest BCUT2D eigenvalue weighted by Gasteiger charge is 2.07. The molecule has 0 bridgehead atoms. The van der Waals surface area contributed by atoms with E-state index in [4.69, 9.17) is 4.42 Å². The lowest BCUT2D eigenvalue weighted by Gasteiger charge is -2.04. The molecule has 0 fully saturated rings. The summed E-state index contributed by atoms with van der Waals surface area (Å²) in [4.78, 5) is 15.9. The molecule has 0 aliphatic carbocycles. The molecule has 0 radical (unpaired) electrons. The van der Waals surface area contributed by atoms with Crippen LogP contribution in [0, 0.1) is 0 Å². The average Bonchev–Trinajstić information content (AvgIpc) is 3.04. The van der Waals surface area contributed by atoms with Gasteiger partial charge in [0.1, 0.15) is 0 Å². The van der Waals surface area contributed by atoms with Crippen LogP contribution in [0.1, 0.15) is 0 Å². The standard InChI is InChI=1S/C17H15N3O2/c21-16(20-14-9-5-2-6-10-14)12-19-17-18-11-15(22-17)13-7-3-1-4-8-13/h1-11H,12H2,(H,18,19)(H,20,21). The van der Waals surface area contributed by atoms with Gasteiger partial charge in [0, 0.05) is 11.3 Å². The summed E-state index contributed by atoms with van der Waals surface area (Å²) in [7, 11) is 0. The Hall–Kier alpha value is -3.08. The molecule has 0 unspecified atom stereocenters. The monoisotopic (exact) mass is 293 g/mol. The van der Waals surface area contributed by atoms with Gasteiger partial charge in [0.15, 0.2) is 5.76 Å². The molecule has 1 heterocycles. The lowest BCUT2D eigenvalue weighted by atomic mass is 10.2. The summed E-state index contributed by atoms with van der Waals surface area (Å²) in [5.41, 5.74) is 1.70. The Morgan fingerprint density at radius 3 is 2.41 bits per heavy atom. The maximum atomic E-state index is 11.8. The summed E-state index contributed by atoms with van der Waals surface area (Å²) in [5, 5.41) is 5.64. The molecule has 110 valence electrons. The molecule has 0 saturated heterocycles. The smallest absolute Gasteiger partial charge is 0.295 e. The maximum Gasteiger partial charge on any atom is 0.295 e. The molecule has 0 aliphatic heterocycles. The number of anilines is 2. The zero-order valence-corrected chi connectivity index (χ0v) is 11.8. The number of amides is 1. The van der Waals surface area contributed by atoms with Gasteiger partial charge >= 0.3 is 0 Å². The van der Waals surface area contributed by atoms with E-state index in [9.17, 15) is 4.79 Å². The average molecular weight is 293 g/mol. The third-order valence-corrected chi connectivity index (χ3v) is 3.02. The highest BCUT2D eigenvalue weighted by Crippen LogP contribution is 2.21. The van der Waals surface area contributed by atoms with Crippen LogP contribution in [0.5, 0.6) is 0 Å². The Morgan fingerprint density at radius 2 is 1.68 bits per heavy atom. The second-order valence-corrected chi connectivity index (χ2v) is 4.66. The summed E-state index contributed by atoms with van der Waals surface area (Å²) < 4.78 is 5.57. The second-order valence-electron chi connectivity index (χ2n) is 4.66. The zero-order valence-electron chi connectivity index (χ0n) is 11.8. The van der Waals surface area contributed by atoms with Crippen molar-refractivity contribution in [2.24, 2.45) is 0 Å². The summed E-state index contributed by atoms with van der Waals surface area (Å²) in [5.74, 6) is 0.497. The Kier molecular flexibility index (Phi) is 4.15. The number of hydrogen-bond acceptors (Lipinski definition) is 4. The first-order valence-corrected chi connectivity index (χ1v) is 6.91. The third-order valence-electron chi connectivity index (χ3n) is 3.02. The van der Waals surface area contributed by atoms with Crippen LogP contribution in [0.4, 0.5) is 11.7 Å². The molecular weight excluding hydrogens is 278 g/mol. The predicted octanol–water partition coefficient (Wildman–Crippen LogP) is 3.39. The van der Waals surface area contributed by atoms with Crippen molar-refractivity contribution >= 4 is 17.6 Å². The van der Waals surface area contributed by atoms with Crippen LogP contribution in [0.3, 0.4) is 0 Å². The minimum Gasteiger partial charge on any atom is -0.424 e. The van der Waals surface area contributed by atoms with E-state index in [0.717, 1.165) is 11.3 Å². The Balaban J connectivity index is 1.56. The number of benzene rings is 2. The van der Waals surface area contributed by atoms with Gasteiger partial charge < -0.3 is 15.1 Å². The van der Waals surface area contributed by atoms with Gasteiger partial charge in [0.25, 0.3) is 6.01 Å². The summed E-state index contributed by atoms with van der Waals surface area (Å²) >= 11 is 0. The van der Waals surface area contributed by atoms with Gasteiger partial charge in [-0.1, -0.05) is 48.5 Å². The molecule has 0 spiro atoms. The van der Waals surface area contributed by atoms with Crippen LogP contribution in [-0.4, -0.2) is 17.4 Å². The van der Waals surface area contributed by atoms with E-state index in [0.29, 0.717) is 11.8 Å². The van der Waals surface area contributed by atoms with Gasteiger partial charge in [-0.2, -0.15) is 0 Å². The minimum atomic E-state index is -0.161.